The average molecular weight is 617 g/mol. The highest BCUT2D eigenvalue weighted by molar-refractivity contribution is 7.10. The van der Waals surface area contributed by atoms with Crippen molar-refractivity contribution in [2.24, 2.45) is 4.99 Å². The fraction of sp³-hybridized carbons (Fsp3) is 0.0968. The number of hydrogen-bond donors (Lipinski definition) is 1. The van der Waals surface area contributed by atoms with E-state index in [1.54, 1.807) is 25.1 Å². The number of carbonyl (C=O) groups is 2. The van der Waals surface area contributed by atoms with Crippen LogP contribution in [-0.4, -0.2) is 28.2 Å². The Balaban J connectivity index is 1.52. The van der Waals surface area contributed by atoms with Crippen LogP contribution in [0.3, 0.4) is 0 Å². The quantitative estimate of drug-likeness (QED) is 0.238. The number of halogens is 1. The highest BCUT2D eigenvalue weighted by Gasteiger charge is 2.35. The predicted octanol–water partition coefficient (Wildman–Crippen LogP) is 5.61. The van der Waals surface area contributed by atoms with E-state index in [1.165, 1.54) is 45.4 Å². The Morgan fingerprint density at radius 2 is 1.93 bits per heavy atom. The van der Waals surface area contributed by atoms with Crippen LogP contribution in [0.2, 0.25) is 5.02 Å². The molecule has 8 nitrogen and oxygen atoms in total. The molecule has 3 aromatic heterocycles. The van der Waals surface area contributed by atoms with E-state index in [2.05, 4.69) is 0 Å². The summed E-state index contributed by atoms with van der Waals surface area (Å²) >= 11 is 8.94. The summed E-state index contributed by atoms with van der Waals surface area (Å²) < 4.78 is 13.3. The van der Waals surface area contributed by atoms with Crippen LogP contribution >= 0.6 is 34.3 Å². The maximum absolute atomic E-state index is 13.9. The summed E-state index contributed by atoms with van der Waals surface area (Å²) in [5.41, 5.74) is 1.62. The molecule has 0 saturated heterocycles. The van der Waals surface area contributed by atoms with Gasteiger partial charge in [-0.05, 0) is 48.7 Å². The Labute approximate surface area is 251 Å². The van der Waals surface area contributed by atoms with Gasteiger partial charge in [0.2, 0.25) is 0 Å². The maximum atomic E-state index is 13.9. The smallest absolute Gasteiger partial charge is 0.338 e. The topological polar surface area (TPSA) is 111 Å². The molecule has 1 aliphatic rings. The number of thiazole rings is 1. The lowest BCUT2D eigenvalue weighted by atomic mass is 9.97. The van der Waals surface area contributed by atoms with Gasteiger partial charge >= 0.3 is 11.9 Å². The first-order valence-corrected chi connectivity index (χ1v) is 14.9. The van der Waals surface area contributed by atoms with E-state index in [1.807, 2.05) is 47.8 Å². The number of carbonyl (C=O) groups excluding carboxylic acids is 1. The van der Waals surface area contributed by atoms with Gasteiger partial charge in [-0.25, -0.2) is 14.6 Å². The molecule has 1 aliphatic heterocycles. The van der Waals surface area contributed by atoms with Crippen molar-refractivity contribution in [3.63, 3.8) is 0 Å². The number of rotatable bonds is 7. The molecule has 4 heterocycles. The van der Waals surface area contributed by atoms with Crippen molar-refractivity contribution in [2.75, 3.05) is 6.61 Å². The van der Waals surface area contributed by atoms with Crippen molar-refractivity contribution in [1.82, 2.24) is 4.57 Å². The summed E-state index contributed by atoms with van der Waals surface area (Å²) in [7, 11) is 0. The fourth-order valence-electron chi connectivity index (χ4n) is 4.71. The number of carboxylic acid groups (broad SMARTS) is 1. The Bertz CT molecular complexity index is 2040. The fourth-order valence-corrected chi connectivity index (χ4v) is 6.72. The number of aromatic nitrogens is 1. The molecular weight excluding hydrogens is 596 g/mol. The molecule has 2 aromatic carbocycles. The highest BCUT2D eigenvalue weighted by Crippen LogP contribution is 2.37. The van der Waals surface area contributed by atoms with Gasteiger partial charge in [0.05, 0.1) is 33.0 Å². The summed E-state index contributed by atoms with van der Waals surface area (Å²) in [5.74, 6) is -0.899. The third-order valence-corrected chi connectivity index (χ3v) is 8.80. The molecule has 5 aromatic rings. The first kappa shape index (κ1) is 27.6. The number of thiophene rings is 1. The third-order valence-electron chi connectivity index (χ3n) is 6.57. The monoisotopic (exact) mass is 616 g/mol. The van der Waals surface area contributed by atoms with Gasteiger partial charge in [0.1, 0.15) is 17.6 Å². The lowest BCUT2D eigenvalue weighted by Crippen LogP contribution is -2.39. The van der Waals surface area contributed by atoms with E-state index in [0.717, 1.165) is 10.4 Å². The minimum atomic E-state index is -1.09. The SMILES string of the molecule is CCOC(=O)C1=C(c2ccccc2)N=c2sc(=Cc3ccc(-c4cc(C(=O)O)ccc4Cl)o3)c(=O)n2C1c1cccs1. The van der Waals surface area contributed by atoms with E-state index >= 15 is 0 Å². The second kappa shape index (κ2) is 11.4. The van der Waals surface area contributed by atoms with Crippen LogP contribution in [0, 0.1) is 0 Å². The van der Waals surface area contributed by atoms with Crippen LogP contribution < -0.4 is 14.9 Å². The molecule has 1 N–H and O–H groups in total. The van der Waals surface area contributed by atoms with Crippen LogP contribution in [0.4, 0.5) is 0 Å². The van der Waals surface area contributed by atoms with E-state index in [9.17, 15) is 19.5 Å². The predicted molar refractivity (Wildman–Crippen MR) is 161 cm³/mol. The first-order chi connectivity index (χ1) is 20.4. The third kappa shape index (κ3) is 5.04. The van der Waals surface area contributed by atoms with Crippen molar-refractivity contribution in [3.8, 4) is 11.3 Å². The normalized spacial score (nSPS) is 14.9. The Morgan fingerprint density at radius 1 is 1.12 bits per heavy atom. The molecule has 0 radical (unpaired) electrons. The van der Waals surface area contributed by atoms with Gasteiger partial charge in [0.15, 0.2) is 4.80 Å². The summed E-state index contributed by atoms with van der Waals surface area (Å²) in [6.07, 6.45) is 1.60. The number of carboxylic acids is 1. The van der Waals surface area contributed by atoms with Crippen LogP contribution in [-0.2, 0) is 9.53 Å². The number of fused-ring (bicyclic) bond motifs is 1. The van der Waals surface area contributed by atoms with Gasteiger partial charge < -0.3 is 14.3 Å². The molecule has 1 atom stereocenters. The number of hydrogen-bond acceptors (Lipinski definition) is 8. The summed E-state index contributed by atoms with van der Waals surface area (Å²) in [6.45, 7) is 1.91. The number of furan rings is 1. The molecule has 0 amide bonds. The minimum absolute atomic E-state index is 0.0702. The molecular formula is C31H21ClN2O6S2. The zero-order chi connectivity index (χ0) is 29.4. The average Bonchev–Trinajstić information content (AvgIpc) is 3.75. The van der Waals surface area contributed by atoms with Crippen molar-refractivity contribution >= 4 is 58.0 Å². The Kier molecular flexibility index (Phi) is 7.51. The van der Waals surface area contributed by atoms with Gasteiger partial charge in [-0.15, -0.1) is 11.3 Å². The van der Waals surface area contributed by atoms with Gasteiger partial charge in [0, 0.05) is 22.1 Å². The Hall–Kier alpha value is -4.51. The van der Waals surface area contributed by atoms with Crippen LogP contribution in [0.25, 0.3) is 23.1 Å². The van der Waals surface area contributed by atoms with Crippen molar-refractivity contribution < 1.29 is 23.8 Å². The zero-order valence-corrected chi connectivity index (χ0v) is 24.3. The molecule has 11 heteroatoms. The van der Waals surface area contributed by atoms with Crippen molar-refractivity contribution in [3.05, 3.63) is 130 Å². The summed E-state index contributed by atoms with van der Waals surface area (Å²) in [5, 5.41) is 11.6. The standard InChI is InChI=1S/C31H21ClN2O6S2/c1-2-39-30(38)25-26(17-7-4-3-5-8-17)33-31-34(27(25)23-9-6-14-41-23)28(35)24(42-31)16-19-11-13-22(40-19)20-15-18(29(36)37)10-12-21(20)32/h3-16,27H,2H2,1H3,(H,36,37). The van der Waals surface area contributed by atoms with Gasteiger partial charge in [0.25, 0.3) is 5.56 Å². The van der Waals surface area contributed by atoms with Crippen molar-refractivity contribution in [2.45, 2.75) is 13.0 Å². The lowest BCUT2D eigenvalue weighted by molar-refractivity contribution is -0.138. The molecule has 42 heavy (non-hydrogen) atoms. The molecule has 210 valence electrons. The number of esters is 1. The molecule has 6 rings (SSSR count). The summed E-state index contributed by atoms with van der Waals surface area (Å²) in [6, 6.07) is 20.0. The first-order valence-electron chi connectivity index (χ1n) is 12.8. The van der Waals surface area contributed by atoms with Gasteiger partial charge in [-0.3, -0.25) is 9.36 Å². The van der Waals surface area contributed by atoms with E-state index in [-0.39, 0.29) is 23.3 Å². The van der Waals surface area contributed by atoms with E-state index in [4.69, 9.17) is 25.7 Å². The number of aromatic carboxylic acids is 1. The van der Waals surface area contributed by atoms with E-state index < -0.39 is 18.0 Å². The largest absolute Gasteiger partial charge is 0.478 e. The summed E-state index contributed by atoms with van der Waals surface area (Å²) in [4.78, 5) is 44.8. The molecule has 0 aliphatic carbocycles. The highest BCUT2D eigenvalue weighted by atomic mass is 35.5. The molecule has 0 spiro atoms. The molecule has 0 saturated carbocycles. The molecule has 1 unspecified atom stereocenters. The second-order valence-electron chi connectivity index (χ2n) is 9.15. The lowest BCUT2D eigenvalue weighted by Gasteiger charge is -2.24. The van der Waals surface area contributed by atoms with Crippen LogP contribution in [0.1, 0.15) is 39.5 Å². The van der Waals surface area contributed by atoms with Gasteiger partial charge in [-0.2, -0.15) is 0 Å². The molecule has 0 bridgehead atoms. The van der Waals surface area contributed by atoms with Gasteiger partial charge in [-0.1, -0.05) is 59.3 Å². The molecule has 0 fully saturated rings. The Morgan fingerprint density at radius 3 is 2.64 bits per heavy atom. The van der Waals surface area contributed by atoms with E-state index in [0.29, 0.717) is 37.1 Å². The zero-order valence-electron chi connectivity index (χ0n) is 21.9. The van der Waals surface area contributed by atoms with Crippen LogP contribution in [0.5, 0.6) is 0 Å². The second-order valence-corrected chi connectivity index (χ2v) is 11.5. The number of nitrogens with zero attached hydrogens (tertiary/aromatic N) is 2. The number of ether oxygens (including phenoxy) is 1. The van der Waals surface area contributed by atoms with Crippen molar-refractivity contribution in [1.29, 1.82) is 0 Å². The minimum Gasteiger partial charge on any atom is -0.478 e. The van der Waals surface area contributed by atoms with Crippen LogP contribution in [0.15, 0.2) is 98.0 Å². The number of benzene rings is 2. The maximum Gasteiger partial charge on any atom is 0.338 e.